The van der Waals surface area contributed by atoms with Crippen LogP contribution in [0.3, 0.4) is 0 Å². The lowest BCUT2D eigenvalue weighted by Gasteiger charge is -2.24. The van der Waals surface area contributed by atoms with E-state index in [9.17, 15) is 19.0 Å². The number of carbonyl (C=O) groups is 2. The molecule has 0 saturated carbocycles. The van der Waals surface area contributed by atoms with E-state index in [2.05, 4.69) is 148 Å². The Kier molecular flexibility index (Phi) is 72.3. The number of hydrogen-bond donors (Lipinski definition) is 1. The highest BCUT2D eigenvalue weighted by Gasteiger charge is 2.27. The van der Waals surface area contributed by atoms with Gasteiger partial charge in [-0.15, -0.1) is 0 Å². The molecule has 0 aliphatic carbocycles. The van der Waals surface area contributed by atoms with Gasteiger partial charge in [0.15, 0.2) is 6.10 Å². The fraction of sp³-hybridized carbons (Fsp3) is 0.721. The van der Waals surface area contributed by atoms with E-state index in [1.807, 2.05) is 21.1 Å². The quantitative estimate of drug-likeness (QED) is 0.0211. The maximum atomic E-state index is 12.9. The van der Waals surface area contributed by atoms with Crippen molar-refractivity contribution in [2.45, 2.75) is 354 Å². The van der Waals surface area contributed by atoms with E-state index in [0.29, 0.717) is 17.4 Å². The van der Waals surface area contributed by atoms with Crippen LogP contribution in [0.15, 0.2) is 134 Å². The standard InChI is InChI=1S/C86H150NO8P/c1-6-8-10-12-14-16-18-20-22-24-26-28-30-32-34-36-38-40-42-43-45-47-49-51-53-55-57-59-61-63-65-67-69-71-73-75-77-79-86(89)95-84(83-94-96(90,91)93-81-80-87(3,4)5)82-92-85(88)78-76-74-72-70-68-66-64-62-60-58-56-54-52-50-48-46-44-41-39-37-35-33-31-29-27-25-23-21-19-17-15-13-11-9-7-2/h8,10,14,16,20,22,25-28,32,34,38,40,43,45,49,51,55,57,61,63,84H,6-7,9,11-13,15,17-19,21,23-24,29-31,33,35-37,39,41-42,44,46-48,50,52-54,56,58-60,62,64-83H2,1-5H3/p+1/b10-8-,16-14-,22-20-,27-25-,28-26-,34-32-,40-38-,45-43-,51-49-,57-55-,63-61-. The molecule has 9 nitrogen and oxygen atoms in total. The largest absolute Gasteiger partial charge is 0.472 e. The Hall–Kier alpha value is -3.85. The van der Waals surface area contributed by atoms with Gasteiger partial charge in [-0.2, -0.15) is 0 Å². The number of quaternary nitrogens is 1. The van der Waals surface area contributed by atoms with Gasteiger partial charge < -0.3 is 18.9 Å². The summed E-state index contributed by atoms with van der Waals surface area (Å²) in [5, 5.41) is 0. The normalized spacial score (nSPS) is 13.8. The van der Waals surface area contributed by atoms with Crippen molar-refractivity contribution < 1.29 is 42.1 Å². The first-order chi connectivity index (χ1) is 47.0. The van der Waals surface area contributed by atoms with Gasteiger partial charge in [0.05, 0.1) is 27.7 Å². The lowest BCUT2D eigenvalue weighted by Crippen LogP contribution is -2.37. The van der Waals surface area contributed by atoms with Crippen molar-refractivity contribution in [3.05, 3.63) is 134 Å². The summed E-state index contributed by atoms with van der Waals surface area (Å²) in [4.78, 5) is 36.0. The second kappa shape index (κ2) is 75.4. The summed E-state index contributed by atoms with van der Waals surface area (Å²) in [6.07, 6.45) is 110. The van der Waals surface area contributed by atoms with Gasteiger partial charge in [-0.1, -0.05) is 353 Å². The molecule has 0 aliphatic rings. The summed E-state index contributed by atoms with van der Waals surface area (Å²) < 4.78 is 34.8. The first-order valence-electron chi connectivity index (χ1n) is 39.9. The van der Waals surface area contributed by atoms with Gasteiger partial charge in [0, 0.05) is 12.8 Å². The molecule has 0 aliphatic heterocycles. The van der Waals surface area contributed by atoms with Gasteiger partial charge in [0.2, 0.25) is 0 Å². The van der Waals surface area contributed by atoms with Crippen LogP contribution in [0.5, 0.6) is 0 Å². The average Bonchev–Trinajstić information content (AvgIpc) is 2.72. The van der Waals surface area contributed by atoms with E-state index in [4.69, 9.17) is 18.5 Å². The summed E-state index contributed by atoms with van der Waals surface area (Å²) in [5.41, 5.74) is 0. The van der Waals surface area contributed by atoms with E-state index >= 15 is 0 Å². The predicted octanol–water partition coefficient (Wildman–Crippen LogP) is 26.7. The Bertz CT molecular complexity index is 2090. The Balaban J connectivity index is 4.04. The molecule has 0 rings (SSSR count). The summed E-state index contributed by atoms with van der Waals surface area (Å²) >= 11 is 0. The van der Waals surface area contributed by atoms with Crippen LogP contribution in [-0.4, -0.2) is 74.9 Å². The van der Waals surface area contributed by atoms with E-state index in [0.717, 1.165) is 122 Å². The molecule has 2 atom stereocenters. The van der Waals surface area contributed by atoms with Crippen molar-refractivity contribution in [3.63, 3.8) is 0 Å². The van der Waals surface area contributed by atoms with Gasteiger partial charge in [-0.05, 0) is 116 Å². The highest BCUT2D eigenvalue weighted by atomic mass is 31.2. The molecule has 0 amide bonds. The number of allylic oxidation sites excluding steroid dienone is 22. The zero-order valence-electron chi connectivity index (χ0n) is 63.1. The third-order valence-electron chi connectivity index (χ3n) is 17.2. The van der Waals surface area contributed by atoms with Crippen LogP contribution in [0, 0.1) is 0 Å². The van der Waals surface area contributed by atoms with Crippen LogP contribution in [0.1, 0.15) is 348 Å². The lowest BCUT2D eigenvalue weighted by molar-refractivity contribution is -0.870. The number of unbranched alkanes of at least 4 members (excludes halogenated alkanes) is 37. The number of esters is 2. The number of nitrogens with zero attached hydrogens (tertiary/aromatic N) is 1. The molecule has 0 aromatic carbocycles. The fourth-order valence-corrected chi connectivity index (χ4v) is 11.8. The van der Waals surface area contributed by atoms with Gasteiger partial charge in [0.1, 0.15) is 19.8 Å². The van der Waals surface area contributed by atoms with Crippen LogP contribution in [0.4, 0.5) is 0 Å². The molecule has 0 saturated heterocycles. The molecule has 0 aromatic rings. The first kappa shape index (κ1) is 92.2. The van der Waals surface area contributed by atoms with Crippen LogP contribution < -0.4 is 0 Å². The summed E-state index contributed by atoms with van der Waals surface area (Å²) in [5.74, 6) is -0.809. The number of hydrogen-bond acceptors (Lipinski definition) is 7. The third kappa shape index (κ3) is 79.1. The number of carbonyl (C=O) groups excluding carboxylic acids is 2. The molecular formula is C86H151NO8P+. The number of ether oxygens (including phenoxy) is 2. The van der Waals surface area contributed by atoms with E-state index in [1.165, 1.54) is 193 Å². The number of rotatable bonds is 73. The van der Waals surface area contributed by atoms with Crippen molar-refractivity contribution in [2.75, 3.05) is 47.5 Å². The Labute approximate surface area is 593 Å². The van der Waals surface area contributed by atoms with Gasteiger partial charge in [-0.3, -0.25) is 18.6 Å². The Morgan fingerprint density at radius 3 is 0.896 bits per heavy atom. The van der Waals surface area contributed by atoms with Gasteiger partial charge in [-0.25, -0.2) is 4.57 Å². The Morgan fingerprint density at radius 2 is 0.594 bits per heavy atom. The summed E-state index contributed by atoms with van der Waals surface area (Å²) in [6.45, 7) is 4.33. The SMILES string of the molecule is CC/C=C\C/C=C\C/C=C\C/C=C\C/C=C\C/C=C\C/C=C\C/C=C\C/C=C\C/C=C\CCCCCCCCC(=O)OC(COC(=O)CCCCCCCCCCCCCCCCCCCCCCCCC/C=C\CCCCCCCCCC)COP(=O)(O)OCC[N+](C)(C)C. The minimum Gasteiger partial charge on any atom is -0.462 e. The molecule has 0 aromatic heterocycles. The molecule has 0 radical (unpaired) electrons. The molecule has 552 valence electrons. The molecule has 0 spiro atoms. The van der Waals surface area contributed by atoms with Crippen molar-refractivity contribution in [1.82, 2.24) is 0 Å². The fourth-order valence-electron chi connectivity index (χ4n) is 11.1. The zero-order chi connectivity index (χ0) is 69.7. The van der Waals surface area contributed by atoms with Crippen molar-refractivity contribution in [3.8, 4) is 0 Å². The van der Waals surface area contributed by atoms with Crippen LogP contribution in [-0.2, 0) is 32.7 Å². The Morgan fingerprint density at radius 1 is 0.333 bits per heavy atom. The van der Waals surface area contributed by atoms with Gasteiger partial charge >= 0.3 is 19.8 Å². The minimum absolute atomic E-state index is 0.0236. The van der Waals surface area contributed by atoms with E-state index < -0.39 is 26.5 Å². The average molecular weight is 1360 g/mol. The zero-order valence-corrected chi connectivity index (χ0v) is 64.0. The van der Waals surface area contributed by atoms with Gasteiger partial charge in [0.25, 0.3) is 0 Å². The molecule has 10 heteroatoms. The molecule has 96 heavy (non-hydrogen) atoms. The van der Waals surface area contributed by atoms with Crippen LogP contribution in [0.25, 0.3) is 0 Å². The monoisotopic (exact) mass is 1360 g/mol. The molecule has 0 bridgehead atoms. The smallest absolute Gasteiger partial charge is 0.462 e. The van der Waals surface area contributed by atoms with Crippen molar-refractivity contribution in [1.29, 1.82) is 0 Å². The molecule has 0 fully saturated rings. The van der Waals surface area contributed by atoms with Crippen molar-refractivity contribution >= 4 is 19.8 Å². The molecule has 1 N–H and O–H groups in total. The molecule has 0 heterocycles. The van der Waals surface area contributed by atoms with Crippen molar-refractivity contribution in [2.24, 2.45) is 0 Å². The van der Waals surface area contributed by atoms with Crippen LogP contribution in [0.2, 0.25) is 0 Å². The maximum absolute atomic E-state index is 12.9. The first-order valence-corrected chi connectivity index (χ1v) is 41.4. The molecular weight excluding hydrogens is 1210 g/mol. The molecule has 2 unspecified atom stereocenters. The number of phosphoric acid groups is 1. The second-order valence-electron chi connectivity index (χ2n) is 27.7. The predicted molar refractivity (Wildman–Crippen MR) is 417 cm³/mol. The third-order valence-corrected chi connectivity index (χ3v) is 18.1. The summed E-state index contributed by atoms with van der Waals surface area (Å²) in [6, 6.07) is 0. The highest BCUT2D eigenvalue weighted by Crippen LogP contribution is 2.43. The number of phosphoric ester groups is 1. The van der Waals surface area contributed by atoms with E-state index in [-0.39, 0.29) is 32.0 Å². The summed E-state index contributed by atoms with van der Waals surface area (Å²) in [7, 11) is 1.46. The van der Waals surface area contributed by atoms with Crippen LogP contribution >= 0.6 is 7.82 Å². The topological polar surface area (TPSA) is 108 Å². The minimum atomic E-state index is -4.41. The number of likely N-dealkylation sites (N-methyl/N-ethyl adjacent to an activating group) is 1. The highest BCUT2D eigenvalue weighted by molar-refractivity contribution is 7.47. The van der Waals surface area contributed by atoms with E-state index in [1.54, 1.807) is 0 Å². The lowest BCUT2D eigenvalue weighted by atomic mass is 10.0. The second-order valence-corrected chi connectivity index (χ2v) is 29.2. The maximum Gasteiger partial charge on any atom is 0.472 e.